The van der Waals surface area contributed by atoms with E-state index in [1.165, 1.54) is 5.56 Å². The van der Waals surface area contributed by atoms with Crippen molar-refractivity contribution in [1.82, 2.24) is 15.5 Å². The lowest BCUT2D eigenvalue weighted by Crippen LogP contribution is -2.50. The number of nitrogens with zero attached hydrogens (tertiary/aromatic N) is 1. The van der Waals surface area contributed by atoms with Crippen molar-refractivity contribution in [2.45, 2.75) is 63.3 Å². The van der Waals surface area contributed by atoms with Crippen molar-refractivity contribution in [3.8, 4) is 11.5 Å². The normalized spacial score (nSPS) is 21.5. The Morgan fingerprint density at radius 1 is 0.889 bits per heavy atom. The van der Waals surface area contributed by atoms with Gasteiger partial charge in [-0.15, -0.1) is 0 Å². The molecule has 2 aromatic rings. The van der Waals surface area contributed by atoms with Gasteiger partial charge in [-0.3, -0.25) is 9.62 Å². The van der Waals surface area contributed by atoms with Crippen LogP contribution in [0.3, 0.4) is 0 Å². The summed E-state index contributed by atoms with van der Waals surface area (Å²) in [7, 11) is -3.30. The van der Waals surface area contributed by atoms with Crippen LogP contribution in [0.5, 0.6) is 11.5 Å². The average molecular weight is 517 g/mol. The summed E-state index contributed by atoms with van der Waals surface area (Å²) in [6.45, 7) is 2.69. The first-order valence-electron chi connectivity index (χ1n) is 12.5. The van der Waals surface area contributed by atoms with E-state index in [-0.39, 0.29) is 24.2 Å². The Hall–Kier alpha value is -2.82. The molecule has 1 aliphatic heterocycles. The number of carbonyl (C=O) groups excluding carboxylic acids is 1. The molecule has 2 amide bonds. The van der Waals surface area contributed by atoms with Crippen molar-refractivity contribution in [2.24, 2.45) is 0 Å². The van der Waals surface area contributed by atoms with Gasteiger partial charge in [-0.1, -0.05) is 12.1 Å². The molecule has 0 atom stereocenters. The molecule has 196 valence electrons. The Kier molecular flexibility index (Phi) is 8.71. The van der Waals surface area contributed by atoms with Crippen LogP contribution >= 0.6 is 0 Å². The number of piperidine rings is 1. The van der Waals surface area contributed by atoms with Crippen molar-refractivity contribution in [2.75, 3.05) is 24.1 Å². The van der Waals surface area contributed by atoms with Crippen molar-refractivity contribution < 1.29 is 23.1 Å². The Balaban J connectivity index is 1.17. The lowest BCUT2D eigenvalue weighted by molar-refractivity contribution is 0.117. The van der Waals surface area contributed by atoms with Gasteiger partial charge in [0, 0.05) is 37.4 Å². The number of ether oxygens (including phenoxy) is 1. The zero-order valence-corrected chi connectivity index (χ0v) is 21.5. The lowest BCUT2D eigenvalue weighted by Gasteiger charge is -2.33. The van der Waals surface area contributed by atoms with Crippen LogP contribution in [0.25, 0.3) is 0 Å². The molecule has 2 aliphatic rings. The van der Waals surface area contributed by atoms with E-state index in [0.29, 0.717) is 17.2 Å². The van der Waals surface area contributed by atoms with E-state index in [9.17, 15) is 18.3 Å². The standard InChI is InChI=1S/C26H36N4O5S/c1-36(33,34)29-22-6-12-25(13-7-22)35-24-10-2-19(3-11-24)18-30-16-14-21(15-17-30)28-26(32)27-20-4-8-23(31)9-5-20/h2-3,6-7,10-13,20-21,23,29,31H,4-5,8-9,14-18H2,1H3,(H2,27,28,32). The summed E-state index contributed by atoms with van der Waals surface area (Å²) in [5, 5.41) is 15.8. The molecule has 10 heteroatoms. The second-order valence-corrected chi connectivity index (χ2v) is 11.6. The summed E-state index contributed by atoms with van der Waals surface area (Å²) in [6.07, 6.45) is 5.93. The molecule has 2 aromatic carbocycles. The van der Waals surface area contributed by atoms with E-state index >= 15 is 0 Å². The number of urea groups is 1. The molecule has 1 saturated heterocycles. The molecule has 0 radical (unpaired) electrons. The smallest absolute Gasteiger partial charge is 0.315 e. The molecular formula is C26H36N4O5S. The molecule has 1 aliphatic carbocycles. The summed E-state index contributed by atoms with van der Waals surface area (Å²) in [5.74, 6) is 1.34. The number of benzene rings is 2. The van der Waals surface area contributed by atoms with Gasteiger partial charge in [0.25, 0.3) is 0 Å². The highest BCUT2D eigenvalue weighted by Gasteiger charge is 2.24. The maximum absolute atomic E-state index is 12.3. The summed E-state index contributed by atoms with van der Waals surface area (Å²) in [5.41, 5.74) is 1.68. The van der Waals surface area contributed by atoms with E-state index in [4.69, 9.17) is 4.74 Å². The minimum Gasteiger partial charge on any atom is -0.457 e. The molecule has 0 unspecified atom stereocenters. The third kappa shape index (κ3) is 8.39. The zero-order valence-electron chi connectivity index (χ0n) is 20.7. The predicted octanol–water partition coefficient (Wildman–Crippen LogP) is 3.42. The number of nitrogens with one attached hydrogen (secondary N) is 3. The highest BCUT2D eigenvalue weighted by Crippen LogP contribution is 2.24. The van der Waals surface area contributed by atoms with Gasteiger partial charge < -0.3 is 20.5 Å². The Morgan fingerprint density at radius 3 is 1.97 bits per heavy atom. The molecule has 4 N–H and O–H groups in total. The number of hydrogen-bond acceptors (Lipinski definition) is 6. The van der Waals surface area contributed by atoms with E-state index in [0.717, 1.165) is 64.4 Å². The average Bonchev–Trinajstić information content (AvgIpc) is 2.83. The van der Waals surface area contributed by atoms with Crippen LogP contribution < -0.4 is 20.1 Å². The maximum atomic E-state index is 12.3. The SMILES string of the molecule is CS(=O)(=O)Nc1ccc(Oc2ccc(CN3CCC(NC(=O)NC4CCC(O)CC4)CC3)cc2)cc1. The molecular weight excluding hydrogens is 480 g/mol. The topological polar surface area (TPSA) is 120 Å². The minimum atomic E-state index is -3.30. The fourth-order valence-electron chi connectivity index (χ4n) is 4.73. The van der Waals surface area contributed by atoms with Gasteiger partial charge in [0.15, 0.2) is 0 Å². The number of rotatable bonds is 8. The van der Waals surface area contributed by atoms with Crippen molar-refractivity contribution in [3.05, 3.63) is 54.1 Å². The zero-order chi connectivity index (χ0) is 25.5. The number of aliphatic hydroxyl groups excluding tert-OH is 1. The van der Waals surface area contributed by atoms with E-state index in [1.54, 1.807) is 24.3 Å². The van der Waals surface area contributed by atoms with Gasteiger partial charge in [-0.2, -0.15) is 0 Å². The van der Waals surface area contributed by atoms with Crippen LogP contribution in [0.15, 0.2) is 48.5 Å². The van der Waals surface area contributed by atoms with Gasteiger partial charge in [0.05, 0.1) is 12.4 Å². The van der Waals surface area contributed by atoms with E-state index in [2.05, 4.69) is 20.3 Å². The van der Waals surface area contributed by atoms with Crippen LogP contribution in [-0.4, -0.2) is 62.0 Å². The molecule has 4 rings (SSSR count). The Bertz CT molecular complexity index is 1090. The summed E-state index contributed by atoms with van der Waals surface area (Å²) < 4.78 is 30.9. The predicted molar refractivity (Wildman–Crippen MR) is 140 cm³/mol. The molecule has 2 fully saturated rings. The largest absolute Gasteiger partial charge is 0.457 e. The molecule has 0 aromatic heterocycles. The van der Waals surface area contributed by atoms with Crippen LogP contribution in [0.1, 0.15) is 44.1 Å². The van der Waals surface area contributed by atoms with Gasteiger partial charge in [-0.25, -0.2) is 13.2 Å². The first kappa shape index (κ1) is 26.2. The molecule has 0 spiro atoms. The van der Waals surface area contributed by atoms with Crippen LogP contribution in [0, 0.1) is 0 Å². The number of carbonyl (C=O) groups is 1. The monoisotopic (exact) mass is 516 g/mol. The van der Waals surface area contributed by atoms with Crippen LogP contribution in [-0.2, 0) is 16.6 Å². The fraction of sp³-hybridized carbons (Fsp3) is 0.500. The molecule has 1 heterocycles. The molecule has 0 bridgehead atoms. The number of anilines is 1. The lowest BCUT2D eigenvalue weighted by atomic mass is 9.93. The maximum Gasteiger partial charge on any atom is 0.315 e. The number of hydrogen-bond donors (Lipinski definition) is 4. The number of likely N-dealkylation sites (tertiary alicyclic amines) is 1. The van der Waals surface area contributed by atoms with Gasteiger partial charge in [-0.05, 0) is 80.5 Å². The molecule has 36 heavy (non-hydrogen) atoms. The number of aliphatic hydroxyl groups is 1. The fourth-order valence-corrected chi connectivity index (χ4v) is 5.29. The van der Waals surface area contributed by atoms with E-state index < -0.39 is 10.0 Å². The van der Waals surface area contributed by atoms with Gasteiger partial charge in [0.1, 0.15) is 11.5 Å². The van der Waals surface area contributed by atoms with Gasteiger partial charge in [0.2, 0.25) is 10.0 Å². The summed E-state index contributed by atoms with van der Waals surface area (Å²) >= 11 is 0. The van der Waals surface area contributed by atoms with E-state index in [1.807, 2.05) is 24.3 Å². The third-order valence-electron chi connectivity index (χ3n) is 6.68. The minimum absolute atomic E-state index is 0.0910. The highest BCUT2D eigenvalue weighted by atomic mass is 32.2. The quantitative estimate of drug-likeness (QED) is 0.427. The second-order valence-electron chi connectivity index (χ2n) is 9.82. The van der Waals surface area contributed by atoms with Crippen LogP contribution in [0.4, 0.5) is 10.5 Å². The number of sulfonamides is 1. The van der Waals surface area contributed by atoms with Crippen LogP contribution in [0.2, 0.25) is 0 Å². The summed E-state index contributed by atoms with van der Waals surface area (Å²) in [4.78, 5) is 14.7. The van der Waals surface area contributed by atoms with Crippen molar-refractivity contribution in [1.29, 1.82) is 0 Å². The third-order valence-corrected chi connectivity index (χ3v) is 7.28. The number of amides is 2. The first-order chi connectivity index (χ1) is 17.2. The molecule has 9 nitrogen and oxygen atoms in total. The van der Waals surface area contributed by atoms with Gasteiger partial charge >= 0.3 is 6.03 Å². The molecule has 1 saturated carbocycles. The Labute approximate surface area is 213 Å². The van der Waals surface area contributed by atoms with Crippen molar-refractivity contribution in [3.63, 3.8) is 0 Å². The Morgan fingerprint density at radius 2 is 1.42 bits per heavy atom. The summed E-state index contributed by atoms with van der Waals surface area (Å²) in [6, 6.07) is 15.0. The van der Waals surface area contributed by atoms with Crippen molar-refractivity contribution >= 4 is 21.7 Å². The highest BCUT2D eigenvalue weighted by molar-refractivity contribution is 7.92. The second kappa shape index (κ2) is 11.9. The first-order valence-corrected chi connectivity index (χ1v) is 14.4.